The summed E-state index contributed by atoms with van der Waals surface area (Å²) in [7, 11) is 0. The molecule has 1 aliphatic carbocycles. The van der Waals surface area contributed by atoms with E-state index in [9.17, 15) is 18.3 Å². The second-order valence-electron chi connectivity index (χ2n) is 9.63. The van der Waals surface area contributed by atoms with E-state index in [2.05, 4.69) is 4.98 Å². The molecular weight excluding hydrogens is 451 g/mol. The van der Waals surface area contributed by atoms with Crippen LogP contribution in [-0.2, 0) is 17.3 Å². The van der Waals surface area contributed by atoms with E-state index in [1.54, 1.807) is 18.2 Å². The number of pyridine rings is 1. The summed E-state index contributed by atoms with van der Waals surface area (Å²) in [5.41, 5.74) is 1.82. The van der Waals surface area contributed by atoms with Gasteiger partial charge in [0.05, 0.1) is 11.8 Å². The van der Waals surface area contributed by atoms with Gasteiger partial charge in [-0.05, 0) is 62.5 Å². The smallest absolute Gasteiger partial charge is 0.388 e. The normalized spacial score (nSPS) is 15.7. The molecule has 186 valence electrons. The molecule has 0 radical (unpaired) electrons. The van der Waals surface area contributed by atoms with Gasteiger partial charge in [-0.1, -0.05) is 66.2 Å². The summed E-state index contributed by atoms with van der Waals surface area (Å²) >= 11 is 0. The number of aryl methyl sites for hydroxylation is 1. The average molecular weight is 484 g/mol. The number of hydrogen-bond donors (Lipinski definition) is 1. The average Bonchev–Trinajstić information content (AvgIpc) is 3.67. The number of nitrogens with zero attached hydrogens (tertiary/aromatic N) is 1. The van der Waals surface area contributed by atoms with Crippen molar-refractivity contribution in [1.82, 2.24) is 4.98 Å². The van der Waals surface area contributed by atoms with Crippen LogP contribution in [0.2, 0.25) is 0 Å². The van der Waals surface area contributed by atoms with Crippen molar-refractivity contribution in [3.05, 3.63) is 89.1 Å². The molecule has 1 aromatic heterocycles. The zero-order valence-electron chi connectivity index (χ0n) is 20.0. The number of rotatable bonds is 11. The maximum Gasteiger partial charge on any atom is 0.433 e. The van der Waals surface area contributed by atoms with Crippen molar-refractivity contribution >= 4 is 0 Å². The number of aromatic nitrogens is 1. The van der Waals surface area contributed by atoms with Crippen LogP contribution < -0.4 is 0 Å². The molecule has 4 rings (SSSR count). The van der Waals surface area contributed by atoms with Crippen molar-refractivity contribution < 1.29 is 23.0 Å². The zero-order valence-corrected chi connectivity index (χ0v) is 20.0. The number of aliphatic hydroxyl groups is 1. The molecule has 35 heavy (non-hydrogen) atoms. The van der Waals surface area contributed by atoms with Gasteiger partial charge in [-0.15, -0.1) is 0 Å². The molecule has 0 saturated heterocycles. The Morgan fingerprint density at radius 3 is 2.34 bits per heavy atom. The van der Waals surface area contributed by atoms with Crippen molar-refractivity contribution in [3.8, 4) is 11.3 Å². The van der Waals surface area contributed by atoms with Gasteiger partial charge >= 0.3 is 6.18 Å². The molecule has 1 heterocycles. The Morgan fingerprint density at radius 1 is 0.971 bits per heavy atom. The van der Waals surface area contributed by atoms with Gasteiger partial charge in [0.1, 0.15) is 0 Å². The quantitative estimate of drug-likeness (QED) is 0.314. The van der Waals surface area contributed by atoms with Gasteiger partial charge in [0, 0.05) is 24.3 Å². The second kappa shape index (κ2) is 11.4. The van der Waals surface area contributed by atoms with Crippen LogP contribution >= 0.6 is 0 Å². The van der Waals surface area contributed by atoms with Crippen LogP contribution in [0.25, 0.3) is 11.3 Å². The second-order valence-corrected chi connectivity index (χ2v) is 9.63. The maximum absolute atomic E-state index is 13.9. The molecule has 1 aliphatic rings. The molecule has 0 amide bonds. The van der Waals surface area contributed by atoms with E-state index in [4.69, 9.17) is 4.74 Å². The van der Waals surface area contributed by atoms with Gasteiger partial charge < -0.3 is 9.84 Å². The van der Waals surface area contributed by atoms with Crippen LogP contribution in [0, 0.1) is 18.8 Å². The van der Waals surface area contributed by atoms with Crippen LogP contribution in [0.3, 0.4) is 0 Å². The molecule has 3 aromatic rings. The van der Waals surface area contributed by atoms with E-state index in [1.807, 2.05) is 49.4 Å². The number of aliphatic hydroxyl groups excluding tert-OH is 1. The molecule has 6 heteroatoms. The SMILES string of the molecule is Cc1ccc(-c2ccc(C(O)CC[C@H](COCC3CC3)Cc3ccccc3)c(C(F)(F)F)n2)cc1. The van der Waals surface area contributed by atoms with Crippen LogP contribution in [0.5, 0.6) is 0 Å². The Bertz CT molecular complexity index is 1080. The number of halogens is 3. The lowest BCUT2D eigenvalue weighted by molar-refractivity contribution is -0.142. The molecule has 1 fully saturated rings. The van der Waals surface area contributed by atoms with Gasteiger partial charge in [-0.25, -0.2) is 4.98 Å². The highest BCUT2D eigenvalue weighted by molar-refractivity contribution is 5.60. The molecule has 0 aliphatic heterocycles. The summed E-state index contributed by atoms with van der Waals surface area (Å²) in [6.45, 7) is 3.19. The van der Waals surface area contributed by atoms with E-state index in [-0.39, 0.29) is 23.6 Å². The molecule has 3 nitrogen and oxygen atoms in total. The van der Waals surface area contributed by atoms with Crippen molar-refractivity contribution in [1.29, 1.82) is 0 Å². The first-order valence-electron chi connectivity index (χ1n) is 12.2. The van der Waals surface area contributed by atoms with Crippen LogP contribution in [-0.4, -0.2) is 23.3 Å². The lowest BCUT2D eigenvalue weighted by atomic mass is 9.92. The highest BCUT2D eigenvalue weighted by atomic mass is 19.4. The summed E-state index contributed by atoms with van der Waals surface area (Å²) < 4.78 is 47.6. The van der Waals surface area contributed by atoms with Gasteiger partial charge in [0.2, 0.25) is 0 Å². The minimum atomic E-state index is -4.66. The molecular formula is C29H32F3NO2. The van der Waals surface area contributed by atoms with E-state index in [0.717, 1.165) is 24.2 Å². The Hall–Kier alpha value is -2.70. The standard InChI is InChI=1S/C29H32F3NO2/c1-20-7-12-24(13-8-20)26-15-14-25(28(33-26)29(30,31)32)27(34)16-11-23(19-35-18-22-9-10-22)17-21-5-3-2-4-6-21/h2-8,12-15,22-23,27,34H,9-11,16-19H2,1H3/t23-,27?/m0/s1. The fourth-order valence-corrected chi connectivity index (χ4v) is 4.28. The Balaban J connectivity index is 1.47. The number of hydrogen-bond acceptors (Lipinski definition) is 3. The summed E-state index contributed by atoms with van der Waals surface area (Å²) in [4.78, 5) is 3.93. The van der Waals surface area contributed by atoms with Crippen LogP contribution in [0.15, 0.2) is 66.7 Å². The molecule has 2 atom stereocenters. The van der Waals surface area contributed by atoms with Crippen molar-refractivity contribution in [2.24, 2.45) is 11.8 Å². The van der Waals surface area contributed by atoms with E-state index >= 15 is 0 Å². The molecule has 0 spiro atoms. The summed E-state index contributed by atoms with van der Waals surface area (Å²) in [5, 5.41) is 10.8. The summed E-state index contributed by atoms with van der Waals surface area (Å²) in [6, 6.07) is 20.1. The fourth-order valence-electron chi connectivity index (χ4n) is 4.28. The Labute approximate surface area is 205 Å². The van der Waals surface area contributed by atoms with Crippen molar-refractivity contribution in [2.45, 2.75) is 51.3 Å². The minimum Gasteiger partial charge on any atom is -0.388 e. The van der Waals surface area contributed by atoms with Crippen molar-refractivity contribution in [3.63, 3.8) is 0 Å². The fraction of sp³-hybridized carbons (Fsp3) is 0.414. The van der Waals surface area contributed by atoms with E-state index < -0.39 is 18.0 Å². The van der Waals surface area contributed by atoms with Gasteiger partial charge in [-0.2, -0.15) is 13.2 Å². The third-order valence-electron chi connectivity index (χ3n) is 6.52. The third-order valence-corrected chi connectivity index (χ3v) is 6.52. The molecule has 1 unspecified atom stereocenters. The number of alkyl halides is 3. The molecule has 0 bridgehead atoms. The lowest BCUT2D eigenvalue weighted by Crippen LogP contribution is -2.18. The monoisotopic (exact) mass is 483 g/mol. The highest BCUT2D eigenvalue weighted by Crippen LogP contribution is 2.37. The largest absolute Gasteiger partial charge is 0.433 e. The number of benzene rings is 2. The summed E-state index contributed by atoms with van der Waals surface area (Å²) in [6.07, 6.45) is -1.99. The predicted octanol–water partition coefficient (Wildman–Crippen LogP) is 7.17. The third kappa shape index (κ3) is 7.39. The minimum absolute atomic E-state index is 0.111. The van der Waals surface area contributed by atoms with E-state index in [0.29, 0.717) is 24.5 Å². The van der Waals surface area contributed by atoms with Gasteiger partial charge in [-0.3, -0.25) is 0 Å². The highest BCUT2D eigenvalue weighted by Gasteiger charge is 2.37. The molecule has 1 N–H and O–H groups in total. The van der Waals surface area contributed by atoms with Gasteiger partial charge in [0.25, 0.3) is 0 Å². The van der Waals surface area contributed by atoms with Crippen LogP contribution in [0.4, 0.5) is 13.2 Å². The molecule has 1 saturated carbocycles. The number of ether oxygens (including phenoxy) is 1. The van der Waals surface area contributed by atoms with Gasteiger partial charge in [0.15, 0.2) is 5.69 Å². The van der Waals surface area contributed by atoms with E-state index in [1.165, 1.54) is 18.9 Å². The maximum atomic E-state index is 13.9. The van der Waals surface area contributed by atoms with Crippen molar-refractivity contribution in [2.75, 3.05) is 13.2 Å². The van der Waals surface area contributed by atoms with Crippen LogP contribution in [0.1, 0.15) is 54.2 Å². The first-order chi connectivity index (χ1) is 16.8. The first kappa shape index (κ1) is 25.4. The molecule has 2 aromatic carbocycles. The topological polar surface area (TPSA) is 42.4 Å². The summed E-state index contributed by atoms with van der Waals surface area (Å²) in [5.74, 6) is 0.755. The Morgan fingerprint density at radius 2 is 1.69 bits per heavy atom. The predicted molar refractivity (Wildman–Crippen MR) is 131 cm³/mol. The zero-order chi connectivity index (χ0) is 24.8. The lowest BCUT2D eigenvalue weighted by Gasteiger charge is -2.21. The Kier molecular flexibility index (Phi) is 8.24. The first-order valence-corrected chi connectivity index (χ1v) is 12.2.